The number of carbonyl (C=O) groups excluding carboxylic acids is 1. The Kier molecular flexibility index (Phi) is 4.50. The van der Waals surface area contributed by atoms with E-state index in [0.29, 0.717) is 5.82 Å². The van der Waals surface area contributed by atoms with E-state index in [0.717, 1.165) is 6.07 Å². The first-order valence-corrected chi connectivity index (χ1v) is 7.14. The van der Waals surface area contributed by atoms with Crippen LogP contribution in [0.5, 0.6) is 0 Å². The second kappa shape index (κ2) is 6.75. The zero-order valence-corrected chi connectivity index (χ0v) is 12.7. The number of anilines is 1. The highest BCUT2D eigenvalue weighted by Crippen LogP contribution is 2.35. The fourth-order valence-electron chi connectivity index (χ4n) is 2.17. The number of carbonyl (C=O) groups is 1. The zero-order chi connectivity index (χ0) is 17.9. The van der Waals surface area contributed by atoms with E-state index in [2.05, 4.69) is 25.8 Å². The van der Waals surface area contributed by atoms with Crippen molar-refractivity contribution in [2.24, 2.45) is 5.10 Å². The molecule has 25 heavy (non-hydrogen) atoms. The number of benzene rings is 1. The summed E-state index contributed by atoms with van der Waals surface area (Å²) in [5.74, 6) is 0.368. The predicted molar refractivity (Wildman–Crippen MR) is 86.1 cm³/mol. The number of aromatic nitrogens is 2. The van der Waals surface area contributed by atoms with E-state index in [1.807, 2.05) is 0 Å². The van der Waals surface area contributed by atoms with Crippen molar-refractivity contribution in [1.82, 2.24) is 15.4 Å². The maximum absolute atomic E-state index is 13.4. The highest BCUT2D eigenvalue weighted by Gasteiger charge is 2.34. The Morgan fingerprint density at radius 2 is 2.04 bits per heavy atom. The minimum atomic E-state index is -4.57. The number of ether oxygens (including phenoxy) is 1. The van der Waals surface area contributed by atoms with Crippen LogP contribution in [-0.2, 0) is 17.5 Å². The molecule has 1 aromatic heterocycles. The number of halogens is 3. The maximum atomic E-state index is 13.4. The van der Waals surface area contributed by atoms with Crippen LogP contribution in [0.2, 0.25) is 0 Å². The normalized spacial score (nSPS) is 14.4. The molecule has 3 rings (SSSR count). The van der Waals surface area contributed by atoms with Crippen LogP contribution in [0.3, 0.4) is 0 Å². The lowest BCUT2D eigenvalue weighted by Gasteiger charge is -2.18. The van der Waals surface area contributed by atoms with E-state index < -0.39 is 17.8 Å². The lowest BCUT2D eigenvalue weighted by molar-refractivity contribution is -0.137. The number of amides is 1. The smallest absolute Gasteiger partial charge is 0.428 e. The summed E-state index contributed by atoms with van der Waals surface area (Å²) in [5, 5.41) is 6.40. The summed E-state index contributed by atoms with van der Waals surface area (Å²) in [6.07, 6.45) is -2.31. The third-order valence-corrected chi connectivity index (χ3v) is 3.34. The van der Waals surface area contributed by atoms with Crippen LogP contribution in [0.1, 0.15) is 19.8 Å². The Morgan fingerprint density at radius 3 is 2.68 bits per heavy atom. The number of nitrogens with one attached hydrogen (secondary N) is 2. The SMILES string of the molecule is O=C1NN=C(c2ccc(NCc3ncccn3)c(C(F)(F)F)c2)CO1.[HH].[HH]. The molecular weight excluding hydrogens is 339 g/mol. The molecule has 0 fully saturated rings. The number of hydrogen-bond acceptors (Lipinski definition) is 6. The molecule has 0 bridgehead atoms. The average Bonchev–Trinajstić information content (AvgIpc) is 2.61. The molecular formula is C15H16F3N5O2. The van der Waals surface area contributed by atoms with Crippen molar-refractivity contribution in [2.75, 3.05) is 11.9 Å². The number of hydrazone groups is 1. The molecule has 0 saturated carbocycles. The first-order valence-electron chi connectivity index (χ1n) is 7.14. The molecule has 2 N–H and O–H groups in total. The molecule has 7 nitrogen and oxygen atoms in total. The largest absolute Gasteiger partial charge is 0.442 e. The molecule has 0 atom stereocenters. The van der Waals surface area contributed by atoms with Crippen molar-refractivity contribution in [3.63, 3.8) is 0 Å². The summed E-state index contributed by atoms with van der Waals surface area (Å²) in [4.78, 5) is 18.8. The van der Waals surface area contributed by atoms with Crippen LogP contribution >= 0.6 is 0 Å². The van der Waals surface area contributed by atoms with Gasteiger partial charge in [0.15, 0.2) is 0 Å². The van der Waals surface area contributed by atoms with Crippen molar-refractivity contribution in [1.29, 1.82) is 0 Å². The van der Waals surface area contributed by atoms with E-state index >= 15 is 0 Å². The van der Waals surface area contributed by atoms with Crippen molar-refractivity contribution in [3.05, 3.63) is 53.6 Å². The Balaban J connectivity index is 0.00000182. The minimum absolute atomic E-state index is 0. The minimum Gasteiger partial charge on any atom is -0.442 e. The maximum Gasteiger partial charge on any atom is 0.428 e. The number of cyclic esters (lactones) is 1. The van der Waals surface area contributed by atoms with Gasteiger partial charge in [-0.15, -0.1) is 0 Å². The number of nitrogens with zero attached hydrogens (tertiary/aromatic N) is 3. The fourth-order valence-corrected chi connectivity index (χ4v) is 2.17. The van der Waals surface area contributed by atoms with E-state index in [-0.39, 0.29) is 33.0 Å². The van der Waals surface area contributed by atoms with Crippen LogP contribution in [0.15, 0.2) is 41.8 Å². The predicted octanol–water partition coefficient (Wildman–Crippen LogP) is 3.04. The van der Waals surface area contributed by atoms with E-state index in [1.54, 1.807) is 6.07 Å². The van der Waals surface area contributed by atoms with Gasteiger partial charge in [0, 0.05) is 26.5 Å². The molecule has 0 saturated heterocycles. The molecule has 134 valence electrons. The molecule has 10 heteroatoms. The molecule has 1 aromatic carbocycles. The molecule has 0 spiro atoms. The standard InChI is InChI=1S/C15H12F3N5O2.2H2/c16-15(17,18)10-6-9(12-8-25-14(24)23-22-12)2-3-11(10)21-7-13-19-4-1-5-20-13;;/h1-6,21H,7-8H2,(H,23,24);2*1H. The van der Waals surface area contributed by atoms with Crippen LogP contribution in [0.4, 0.5) is 23.7 Å². The molecule has 0 aliphatic carbocycles. The molecule has 1 aliphatic heterocycles. The highest BCUT2D eigenvalue weighted by molar-refractivity contribution is 6.04. The Bertz CT molecular complexity index is 819. The molecule has 0 unspecified atom stereocenters. The van der Waals surface area contributed by atoms with Gasteiger partial charge in [-0.25, -0.2) is 20.2 Å². The van der Waals surface area contributed by atoms with Gasteiger partial charge in [0.25, 0.3) is 0 Å². The summed E-state index contributed by atoms with van der Waals surface area (Å²) >= 11 is 0. The van der Waals surface area contributed by atoms with E-state index in [1.165, 1.54) is 24.5 Å². The van der Waals surface area contributed by atoms with Gasteiger partial charge in [-0.1, -0.05) is 6.07 Å². The van der Waals surface area contributed by atoms with Crippen LogP contribution in [-0.4, -0.2) is 28.4 Å². The number of alkyl halides is 3. The Morgan fingerprint density at radius 1 is 1.28 bits per heavy atom. The first kappa shape index (κ1) is 16.7. The third-order valence-electron chi connectivity index (χ3n) is 3.34. The number of rotatable bonds is 4. The van der Waals surface area contributed by atoms with Crippen LogP contribution < -0.4 is 10.7 Å². The van der Waals surface area contributed by atoms with Gasteiger partial charge in [-0.3, -0.25) is 0 Å². The van der Waals surface area contributed by atoms with Crippen LogP contribution in [0, 0.1) is 0 Å². The van der Waals surface area contributed by atoms with Gasteiger partial charge in [0.2, 0.25) is 0 Å². The second-order valence-corrected chi connectivity index (χ2v) is 5.02. The molecule has 0 radical (unpaired) electrons. The average molecular weight is 355 g/mol. The van der Waals surface area contributed by atoms with Gasteiger partial charge in [0.1, 0.15) is 18.1 Å². The van der Waals surface area contributed by atoms with Crippen molar-refractivity contribution in [2.45, 2.75) is 12.7 Å². The second-order valence-electron chi connectivity index (χ2n) is 5.02. The summed E-state index contributed by atoms with van der Waals surface area (Å²) in [5.41, 5.74) is 1.50. The molecule has 1 amide bonds. The highest BCUT2D eigenvalue weighted by atomic mass is 19.4. The Hall–Kier alpha value is -3.17. The van der Waals surface area contributed by atoms with Gasteiger partial charge >= 0.3 is 12.3 Å². The Labute approximate surface area is 142 Å². The topological polar surface area (TPSA) is 88.5 Å². The molecule has 2 aromatic rings. The van der Waals surface area contributed by atoms with Gasteiger partial charge in [-0.05, 0) is 18.2 Å². The van der Waals surface area contributed by atoms with E-state index in [4.69, 9.17) is 4.74 Å². The van der Waals surface area contributed by atoms with Gasteiger partial charge in [-0.2, -0.15) is 18.3 Å². The van der Waals surface area contributed by atoms with Crippen LogP contribution in [0.25, 0.3) is 0 Å². The molecule has 2 heterocycles. The van der Waals surface area contributed by atoms with Gasteiger partial charge in [0.05, 0.1) is 12.1 Å². The summed E-state index contributed by atoms with van der Waals surface area (Å²) in [7, 11) is 0. The van der Waals surface area contributed by atoms with Crippen molar-refractivity contribution >= 4 is 17.5 Å². The quantitative estimate of drug-likeness (QED) is 0.880. The lowest BCUT2D eigenvalue weighted by Crippen LogP contribution is -2.30. The monoisotopic (exact) mass is 355 g/mol. The van der Waals surface area contributed by atoms with Crippen molar-refractivity contribution < 1.29 is 25.6 Å². The molecule has 1 aliphatic rings. The third kappa shape index (κ3) is 4.03. The first-order chi connectivity index (χ1) is 11.9. The number of hydrogen-bond donors (Lipinski definition) is 2. The summed E-state index contributed by atoms with van der Waals surface area (Å²) in [6.45, 7) is -0.156. The summed E-state index contributed by atoms with van der Waals surface area (Å²) in [6, 6.07) is 5.32. The zero-order valence-electron chi connectivity index (χ0n) is 12.7. The van der Waals surface area contributed by atoms with Gasteiger partial charge < -0.3 is 10.1 Å². The van der Waals surface area contributed by atoms with Crippen molar-refractivity contribution in [3.8, 4) is 0 Å². The summed E-state index contributed by atoms with van der Waals surface area (Å²) < 4.78 is 44.8. The fraction of sp³-hybridized carbons (Fsp3) is 0.200. The lowest BCUT2D eigenvalue weighted by atomic mass is 10.0. The van der Waals surface area contributed by atoms with E-state index in [9.17, 15) is 18.0 Å².